The monoisotopic (exact) mass is 483 g/mol. The van der Waals surface area contributed by atoms with Crippen LogP contribution >= 0.6 is 0 Å². The molecular formula is C28H29N5O3. The number of hydrogen-bond acceptors (Lipinski definition) is 7. The van der Waals surface area contributed by atoms with Crippen LogP contribution in [0.25, 0.3) is 17.0 Å². The zero-order valence-corrected chi connectivity index (χ0v) is 20.6. The minimum Gasteiger partial charge on any atom is -0.455 e. The molecule has 8 nitrogen and oxygen atoms in total. The molecule has 0 atom stereocenters. The number of pyridine rings is 1. The number of aromatic nitrogens is 3. The van der Waals surface area contributed by atoms with Gasteiger partial charge in [0.2, 0.25) is 5.91 Å². The molecule has 2 N–H and O–H groups in total. The summed E-state index contributed by atoms with van der Waals surface area (Å²) < 4.78 is 11.1. The number of benzene rings is 2. The highest BCUT2D eigenvalue weighted by Crippen LogP contribution is 2.30. The van der Waals surface area contributed by atoms with Crippen LogP contribution < -0.4 is 15.4 Å². The third-order valence-corrected chi connectivity index (χ3v) is 5.37. The van der Waals surface area contributed by atoms with E-state index in [2.05, 4.69) is 25.6 Å². The van der Waals surface area contributed by atoms with Crippen LogP contribution in [0.2, 0.25) is 0 Å². The maximum Gasteiger partial charge on any atom is 0.246 e. The van der Waals surface area contributed by atoms with E-state index in [9.17, 15) is 4.79 Å². The zero-order chi connectivity index (χ0) is 25.3. The van der Waals surface area contributed by atoms with E-state index in [1.54, 1.807) is 12.5 Å². The number of aryl methyl sites for hydroxylation is 2. The quantitative estimate of drug-likeness (QED) is 0.314. The van der Waals surface area contributed by atoms with Crippen molar-refractivity contribution in [3.63, 3.8) is 0 Å². The first-order chi connectivity index (χ1) is 17.5. The predicted octanol–water partition coefficient (Wildman–Crippen LogP) is 5.34. The van der Waals surface area contributed by atoms with Crippen molar-refractivity contribution in [3.8, 4) is 11.5 Å². The van der Waals surface area contributed by atoms with E-state index >= 15 is 0 Å². The second-order valence-corrected chi connectivity index (χ2v) is 8.19. The molecule has 1 amide bonds. The molecule has 2 aromatic carbocycles. The van der Waals surface area contributed by atoms with Crippen LogP contribution in [0.3, 0.4) is 0 Å². The van der Waals surface area contributed by atoms with Crippen LogP contribution in [0.15, 0.2) is 67.1 Å². The highest BCUT2D eigenvalue weighted by molar-refractivity contribution is 5.92. The standard InChI is InChI=1S/C28H29N5O3/c1-4-35-17-27(34)29-13-5-6-21-8-11-25-24(15-21)28(32-18-31-25)33-22-9-12-26(19(2)14-22)36-23-10-7-20(3)30-16-23/h5-12,14-16,18H,4,13,17H2,1-3H3,(H,29,34)(H,31,32,33). The minimum absolute atomic E-state index is 0.0718. The molecule has 0 unspecified atom stereocenters. The van der Waals surface area contributed by atoms with Crippen molar-refractivity contribution in [2.45, 2.75) is 20.8 Å². The van der Waals surface area contributed by atoms with Crippen molar-refractivity contribution in [1.29, 1.82) is 0 Å². The van der Waals surface area contributed by atoms with Crippen LogP contribution in [-0.2, 0) is 9.53 Å². The van der Waals surface area contributed by atoms with Crippen molar-refractivity contribution in [2.24, 2.45) is 0 Å². The first kappa shape index (κ1) is 24.8. The van der Waals surface area contributed by atoms with Gasteiger partial charge in [-0.1, -0.05) is 18.2 Å². The normalized spacial score (nSPS) is 11.1. The highest BCUT2D eigenvalue weighted by Gasteiger charge is 2.08. The molecule has 8 heteroatoms. The molecule has 184 valence electrons. The summed E-state index contributed by atoms with van der Waals surface area (Å²) in [6, 6.07) is 15.7. The van der Waals surface area contributed by atoms with Gasteiger partial charge < -0.3 is 20.1 Å². The van der Waals surface area contributed by atoms with E-state index in [4.69, 9.17) is 9.47 Å². The molecule has 4 aromatic rings. The van der Waals surface area contributed by atoms with Gasteiger partial charge in [0.1, 0.15) is 30.3 Å². The summed E-state index contributed by atoms with van der Waals surface area (Å²) in [5.74, 6) is 2.03. The number of anilines is 2. The maximum atomic E-state index is 11.6. The molecule has 2 aromatic heterocycles. The Balaban J connectivity index is 1.46. The number of nitrogens with zero attached hydrogens (tertiary/aromatic N) is 3. The van der Waals surface area contributed by atoms with Gasteiger partial charge in [0, 0.05) is 29.9 Å². The Bertz CT molecular complexity index is 1370. The molecule has 0 aliphatic heterocycles. The summed E-state index contributed by atoms with van der Waals surface area (Å²) in [6.45, 7) is 6.80. The molecule has 2 heterocycles. The van der Waals surface area contributed by atoms with Crippen LogP contribution in [0.4, 0.5) is 11.5 Å². The van der Waals surface area contributed by atoms with E-state index in [0.29, 0.717) is 24.7 Å². The van der Waals surface area contributed by atoms with Crippen molar-refractivity contribution >= 4 is 34.4 Å². The van der Waals surface area contributed by atoms with Gasteiger partial charge in [0.25, 0.3) is 0 Å². The van der Waals surface area contributed by atoms with Crippen LogP contribution in [0, 0.1) is 13.8 Å². The lowest BCUT2D eigenvalue weighted by Gasteiger charge is -2.12. The smallest absolute Gasteiger partial charge is 0.246 e. The van der Waals surface area contributed by atoms with Gasteiger partial charge in [0.05, 0.1) is 11.7 Å². The topological polar surface area (TPSA) is 98.3 Å². The summed E-state index contributed by atoms with van der Waals surface area (Å²) in [4.78, 5) is 24.8. The number of ether oxygens (including phenoxy) is 2. The van der Waals surface area contributed by atoms with Gasteiger partial charge in [0.15, 0.2) is 0 Å². The molecule has 36 heavy (non-hydrogen) atoms. The fourth-order valence-corrected chi connectivity index (χ4v) is 3.51. The summed E-state index contributed by atoms with van der Waals surface area (Å²) in [7, 11) is 0. The number of nitrogens with one attached hydrogen (secondary N) is 2. The van der Waals surface area contributed by atoms with Crippen molar-refractivity contribution in [3.05, 3.63) is 84.0 Å². The van der Waals surface area contributed by atoms with Gasteiger partial charge in [-0.25, -0.2) is 9.97 Å². The highest BCUT2D eigenvalue weighted by atomic mass is 16.5. The number of rotatable bonds is 10. The predicted molar refractivity (Wildman–Crippen MR) is 142 cm³/mol. The van der Waals surface area contributed by atoms with Gasteiger partial charge >= 0.3 is 0 Å². The van der Waals surface area contributed by atoms with Crippen LogP contribution in [-0.4, -0.2) is 40.6 Å². The molecule has 0 aliphatic rings. The molecular weight excluding hydrogens is 454 g/mol. The summed E-state index contributed by atoms with van der Waals surface area (Å²) in [6.07, 6.45) is 7.11. The SMILES string of the molecule is CCOCC(=O)NCC=Cc1ccc2ncnc(Nc3ccc(Oc4ccc(C)nc4)c(C)c3)c2c1. The number of carbonyl (C=O) groups excluding carboxylic acids is 1. The Hall–Kier alpha value is -4.30. The van der Waals surface area contributed by atoms with Crippen molar-refractivity contribution in [2.75, 3.05) is 25.1 Å². The third kappa shape index (κ3) is 6.64. The molecule has 0 saturated heterocycles. The maximum absolute atomic E-state index is 11.6. The third-order valence-electron chi connectivity index (χ3n) is 5.37. The lowest BCUT2D eigenvalue weighted by Crippen LogP contribution is -2.27. The zero-order valence-electron chi connectivity index (χ0n) is 20.6. The molecule has 0 spiro atoms. The fraction of sp³-hybridized carbons (Fsp3) is 0.214. The number of carbonyl (C=O) groups is 1. The summed E-state index contributed by atoms with van der Waals surface area (Å²) >= 11 is 0. The van der Waals surface area contributed by atoms with E-state index in [1.807, 2.05) is 81.5 Å². The summed E-state index contributed by atoms with van der Waals surface area (Å²) in [5.41, 5.74) is 4.62. The molecule has 0 saturated carbocycles. The Labute approximate surface area is 210 Å². The first-order valence-corrected chi connectivity index (χ1v) is 11.8. The Morgan fingerprint density at radius 2 is 1.92 bits per heavy atom. The Morgan fingerprint density at radius 1 is 1.03 bits per heavy atom. The van der Waals surface area contributed by atoms with Gasteiger partial charge in [-0.15, -0.1) is 0 Å². The molecule has 0 aliphatic carbocycles. The number of fused-ring (bicyclic) bond motifs is 1. The van der Waals surface area contributed by atoms with E-state index < -0.39 is 0 Å². The molecule has 0 bridgehead atoms. The Morgan fingerprint density at radius 3 is 2.69 bits per heavy atom. The van der Waals surface area contributed by atoms with Gasteiger partial charge in [-0.3, -0.25) is 9.78 Å². The largest absolute Gasteiger partial charge is 0.455 e. The van der Waals surface area contributed by atoms with Crippen LogP contribution in [0.5, 0.6) is 11.5 Å². The number of hydrogen-bond donors (Lipinski definition) is 2. The second kappa shape index (κ2) is 11.9. The second-order valence-electron chi connectivity index (χ2n) is 8.19. The Kier molecular flexibility index (Phi) is 8.20. The van der Waals surface area contributed by atoms with Crippen molar-refractivity contribution in [1.82, 2.24) is 20.3 Å². The van der Waals surface area contributed by atoms with Crippen molar-refractivity contribution < 1.29 is 14.3 Å². The lowest BCUT2D eigenvalue weighted by atomic mass is 10.1. The van der Waals surface area contributed by atoms with E-state index in [0.717, 1.165) is 39.2 Å². The average molecular weight is 484 g/mol. The molecule has 4 rings (SSSR count). The van der Waals surface area contributed by atoms with Gasteiger partial charge in [-0.05, 0) is 74.4 Å². The van der Waals surface area contributed by atoms with Gasteiger partial charge in [-0.2, -0.15) is 0 Å². The van der Waals surface area contributed by atoms with E-state index in [1.165, 1.54) is 0 Å². The number of amides is 1. The minimum atomic E-state index is -0.137. The van der Waals surface area contributed by atoms with Crippen LogP contribution in [0.1, 0.15) is 23.7 Å². The molecule has 0 fully saturated rings. The fourth-order valence-electron chi connectivity index (χ4n) is 3.51. The van der Waals surface area contributed by atoms with E-state index in [-0.39, 0.29) is 12.5 Å². The summed E-state index contributed by atoms with van der Waals surface area (Å²) in [5, 5.41) is 7.09. The average Bonchev–Trinajstić information content (AvgIpc) is 2.88. The molecule has 0 radical (unpaired) electrons. The lowest BCUT2D eigenvalue weighted by molar-refractivity contribution is -0.125. The first-order valence-electron chi connectivity index (χ1n) is 11.8.